The smallest absolute Gasteiger partial charge is 0.0744 e. The summed E-state index contributed by atoms with van der Waals surface area (Å²) in [6.45, 7) is 23.5. The highest BCUT2D eigenvalue weighted by Crippen LogP contribution is 2.17. The fraction of sp³-hybridized carbons (Fsp3) is 0.174. The molecule has 0 aliphatic heterocycles. The highest BCUT2D eigenvalue weighted by Gasteiger charge is 2.08. The van der Waals surface area contributed by atoms with E-state index in [2.05, 4.69) is 50.7 Å². The maximum absolute atomic E-state index is 4.82. The molecule has 0 aliphatic carbocycles. The first-order chi connectivity index (χ1) is 11.9. The number of hydrogen-bond acceptors (Lipinski definition) is 2. The molecule has 2 nitrogen and oxygen atoms in total. The Morgan fingerprint density at radius 3 is 2.32 bits per heavy atom. The van der Waals surface area contributed by atoms with Gasteiger partial charge in [0, 0.05) is 17.5 Å². The van der Waals surface area contributed by atoms with E-state index in [1.54, 1.807) is 6.08 Å². The molecule has 0 atom stereocenters. The fourth-order valence-corrected chi connectivity index (χ4v) is 2.89. The van der Waals surface area contributed by atoms with Gasteiger partial charge in [-0.2, -0.15) is 0 Å². The average molecular weight is 330 g/mol. The van der Waals surface area contributed by atoms with E-state index in [0.29, 0.717) is 0 Å². The number of nitrogens with zero attached hydrogens (tertiary/aromatic N) is 1. The molecule has 0 aliphatic rings. The molecule has 1 N–H and O–H groups in total. The van der Waals surface area contributed by atoms with Crippen molar-refractivity contribution in [2.75, 3.05) is 6.54 Å². The van der Waals surface area contributed by atoms with E-state index in [4.69, 9.17) is 4.99 Å². The van der Waals surface area contributed by atoms with E-state index in [-0.39, 0.29) is 0 Å². The van der Waals surface area contributed by atoms with Crippen molar-refractivity contribution in [3.63, 3.8) is 0 Å². The third kappa shape index (κ3) is 3.80. The fourth-order valence-electron chi connectivity index (χ4n) is 2.89. The topological polar surface area (TPSA) is 24.4 Å². The molecule has 0 amide bonds. The normalized spacial score (nSPS) is 12.3. The first-order valence-electron chi connectivity index (χ1n) is 8.42. The summed E-state index contributed by atoms with van der Waals surface area (Å²) in [5.74, 6) is 0. The lowest BCUT2D eigenvalue weighted by Crippen LogP contribution is -2.15. The summed E-state index contributed by atoms with van der Waals surface area (Å²) in [5, 5.41) is 7.34. The molecule has 0 aromatic heterocycles. The molecule has 0 bridgehead atoms. The molecule has 0 saturated carbocycles. The van der Waals surface area contributed by atoms with Crippen LogP contribution in [0, 0.1) is 6.92 Å². The maximum atomic E-state index is 4.82. The van der Waals surface area contributed by atoms with Crippen molar-refractivity contribution in [3.05, 3.63) is 76.8 Å². The van der Waals surface area contributed by atoms with Crippen molar-refractivity contribution in [1.29, 1.82) is 0 Å². The minimum atomic E-state index is 0.736. The predicted molar refractivity (Wildman–Crippen MR) is 113 cm³/mol. The van der Waals surface area contributed by atoms with Crippen LogP contribution in [-0.2, 0) is 0 Å². The SMILES string of the molecule is C=C/C(=N/c1c(C)c(=C)c2ccccc2c1=C)C(=C)/C=C(\C)NCC. The molecule has 2 aromatic carbocycles. The van der Waals surface area contributed by atoms with Gasteiger partial charge in [-0.05, 0) is 60.1 Å². The summed E-state index contributed by atoms with van der Waals surface area (Å²) in [7, 11) is 0. The van der Waals surface area contributed by atoms with Crippen molar-refractivity contribution in [3.8, 4) is 0 Å². The van der Waals surface area contributed by atoms with Gasteiger partial charge in [0.25, 0.3) is 0 Å². The third-order valence-electron chi connectivity index (χ3n) is 4.27. The quantitative estimate of drug-likeness (QED) is 0.620. The van der Waals surface area contributed by atoms with Crippen molar-refractivity contribution >= 4 is 35.3 Å². The highest BCUT2D eigenvalue weighted by atomic mass is 14.9. The van der Waals surface area contributed by atoms with Gasteiger partial charge in [0.05, 0.1) is 11.4 Å². The standard InChI is InChI=1S/C23H26N2/c1-8-22(15(3)14-16(4)24-9-2)25-23-18(6)17(5)20-12-10-11-13-21(20)19(23)7/h8,10-14,24H,1,3,5,7,9H2,2,4,6H3/b16-14+,25-22-. The number of nitrogens with one attached hydrogen (secondary N) is 1. The molecule has 2 rings (SSSR count). The Bertz CT molecular complexity index is 991. The zero-order chi connectivity index (χ0) is 18.6. The lowest BCUT2D eigenvalue weighted by molar-refractivity contribution is 0.854. The minimum absolute atomic E-state index is 0.736. The van der Waals surface area contributed by atoms with Gasteiger partial charge in [-0.1, -0.05) is 50.6 Å². The molecule has 2 heteroatoms. The second kappa shape index (κ2) is 7.80. The van der Waals surface area contributed by atoms with Crippen LogP contribution in [0.5, 0.6) is 0 Å². The number of benzene rings is 2. The van der Waals surface area contributed by atoms with E-state index in [9.17, 15) is 0 Å². The highest BCUT2D eigenvalue weighted by molar-refractivity contribution is 6.11. The molecule has 25 heavy (non-hydrogen) atoms. The van der Waals surface area contributed by atoms with Crippen molar-refractivity contribution < 1.29 is 0 Å². The first-order valence-corrected chi connectivity index (χ1v) is 8.42. The Labute approximate surface area is 150 Å². The number of allylic oxidation sites excluding steroid dienone is 4. The second-order valence-corrected chi connectivity index (χ2v) is 6.06. The van der Waals surface area contributed by atoms with Crippen molar-refractivity contribution in [1.82, 2.24) is 5.32 Å². The molecule has 0 saturated heterocycles. The first kappa shape index (κ1) is 18.5. The van der Waals surface area contributed by atoms with Crippen molar-refractivity contribution in [2.24, 2.45) is 4.99 Å². The van der Waals surface area contributed by atoms with Crippen LogP contribution < -0.4 is 15.8 Å². The lowest BCUT2D eigenvalue weighted by atomic mass is 10.0. The van der Waals surface area contributed by atoms with E-state index in [1.165, 1.54) is 0 Å². The molecule has 0 spiro atoms. The summed E-state index contributed by atoms with van der Waals surface area (Å²) in [6.07, 6.45) is 3.71. The van der Waals surface area contributed by atoms with Crippen LogP contribution in [0.2, 0.25) is 0 Å². The Morgan fingerprint density at radius 2 is 1.76 bits per heavy atom. The summed E-state index contributed by atoms with van der Waals surface area (Å²) in [5.41, 5.74) is 4.47. The Balaban J connectivity index is 2.65. The van der Waals surface area contributed by atoms with Gasteiger partial charge < -0.3 is 5.32 Å². The van der Waals surface area contributed by atoms with E-state index in [1.807, 2.05) is 32.1 Å². The van der Waals surface area contributed by atoms with E-state index >= 15 is 0 Å². The van der Waals surface area contributed by atoms with Gasteiger partial charge in [-0.25, -0.2) is 4.99 Å². The van der Waals surface area contributed by atoms with Crippen LogP contribution in [0.15, 0.2) is 65.8 Å². The summed E-state index contributed by atoms with van der Waals surface area (Å²) in [6, 6.07) is 8.16. The summed E-state index contributed by atoms with van der Waals surface area (Å²) < 4.78 is 0. The Hall–Kier alpha value is -2.87. The maximum Gasteiger partial charge on any atom is 0.0744 e. The summed E-state index contributed by atoms with van der Waals surface area (Å²) in [4.78, 5) is 4.82. The molecule has 0 radical (unpaired) electrons. The van der Waals surface area contributed by atoms with Gasteiger partial charge in [-0.15, -0.1) is 0 Å². The average Bonchev–Trinajstić information content (AvgIpc) is 2.60. The van der Waals surface area contributed by atoms with Crippen LogP contribution in [0.1, 0.15) is 19.4 Å². The van der Waals surface area contributed by atoms with Crippen LogP contribution >= 0.6 is 0 Å². The van der Waals surface area contributed by atoms with E-state index in [0.717, 1.165) is 56.0 Å². The van der Waals surface area contributed by atoms with Gasteiger partial charge in [0.2, 0.25) is 0 Å². The van der Waals surface area contributed by atoms with Crippen LogP contribution in [0.25, 0.3) is 23.9 Å². The zero-order valence-electron chi connectivity index (χ0n) is 15.4. The third-order valence-corrected chi connectivity index (χ3v) is 4.27. The Kier molecular flexibility index (Phi) is 5.76. The molecular formula is C23H26N2. The minimum Gasteiger partial charge on any atom is -0.389 e. The summed E-state index contributed by atoms with van der Waals surface area (Å²) >= 11 is 0. The number of rotatable bonds is 6. The monoisotopic (exact) mass is 330 g/mol. The number of hydrogen-bond donors (Lipinski definition) is 1. The van der Waals surface area contributed by atoms with Crippen LogP contribution in [0.3, 0.4) is 0 Å². The second-order valence-electron chi connectivity index (χ2n) is 6.06. The van der Waals surface area contributed by atoms with Gasteiger partial charge >= 0.3 is 0 Å². The lowest BCUT2D eigenvalue weighted by Gasteiger charge is -2.10. The largest absolute Gasteiger partial charge is 0.389 e. The molecule has 2 aromatic rings. The van der Waals surface area contributed by atoms with Crippen LogP contribution in [0.4, 0.5) is 5.69 Å². The van der Waals surface area contributed by atoms with Gasteiger partial charge in [0.1, 0.15) is 0 Å². The predicted octanol–water partition coefficient (Wildman–Crippen LogP) is 4.30. The van der Waals surface area contributed by atoms with Gasteiger partial charge in [0.15, 0.2) is 0 Å². The van der Waals surface area contributed by atoms with Gasteiger partial charge in [-0.3, -0.25) is 0 Å². The molecular weight excluding hydrogens is 304 g/mol. The molecule has 0 fully saturated rings. The molecule has 0 heterocycles. The van der Waals surface area contributed by atoms with Crippen LogP contribution in [-0.4, -0.2) is 12.3 Å². The molecule has 128 valence electrons. The molecule has 0 unspecified atom stereocenters. The van der Waals surface area contributed by atoms with E-state index < -0.39 is 0 Å². The number of aliphatic imine (C=N–C) groups is 1. The van der Waals surface area contributed by atoms with Crippen molar-refractivity contribution in [2.45, 2.75) is 20.8 Å². The Morgan fingerprint density at radius 1 is 1.16 bits per heavy atom. The zero-order valence-corrected chi connectivity index (χ0v) is 15.4. The number of fused-ring (bicyclic) bond motifs is 1.